The number of hydrogen-bond donors (Lipinski definition) is 2. The fourth-order valence-electron chi connectivity index (χ4n) is 3.12. The first-order chi connectivity index (χ1) is 11.9. The Bertz CT molecular complexity index is 796. The van der Waals surface area contributed by atoms with Gasteiger partial charge in [0, 0.05) is 43.9 Å². The van der Waals surface area contributed by atoms with E-state index in [4.69, 9.17) is 4.42 Å². The fraction of sp³-hybridized carbons (Fsp3) is 0.444. The molecule has 0 aromatic carbocycles. The molecule has 0 spiro atoms. The number of furan rings is 1. The van der Waals surface area contributed by atoms with Gasteiger partial charge in [0.25, 0.3) is 5.91 Å². The fourth-order valence-corrected chi connectivity index (χ4v) is 3.12. The predicted molar refractivity (Wildman–Crippen MR) is 92.7 cm³/mol. The van der Waals surface area contributed by atoms with E-state index >= 15 is 0 Å². The van der Waals surface area contributed by atoms with Gasteiger partial charge < -0.3 is 15.1 Å². The molecule has 0 saturated heterocycles. The largest absolute Gasteiger partial charge is 0.455 e. The van der Waals surface area contributed by atoms with Gasteiger partial charge in [-0.25, -0.2) is 9.97 Å². The first kappa shape index (κ1) is 17.1. The van der Waals surface area contributed by atoms with Gasteiger partial charge in [0.2, 0.25) is 5.95 Å². The molecule has 0 atom stereocenters. The number of fused-ring (bicyclic) bond motifs is 1. The number of hydrogen-bond acceptors (Lipinski definition) is 6. The minimum atomic E-state index is -0.312. The van der Waals surface area contributed by atoms with Crippen LogP contribution in [0.4, 0.5) is 5.95 Å². The highest BCUT2D eigenvalue weighted by Crippen LogP contribution is 2.38. The van der Waals surface area contributed by atoms with Crippen LogP contribution in [-0.4, -0.2) is 34.7 Å². The van der Waals surface area contributed by atoms with Gasteiger partial charge >= 0.3 is 0 Å². The lowest BCUT2D eigenvalue weighted by Gasteiger charge is -2.27. The smallest absolute Gasteiger partial charge is 0.287 e. The van der Waals surface area contributed by atoms with E-state index in [1.807, 2.05) is 13.8 Å². The minimum absolute atomic E-state index is 0.0504. The van der Waals surface area contributed by atoms with Crippen LogP contribution in [0.25, 0.3) is 0 Å². The molecule has 3 rings (SSSR count). The lowest BCUT2D eigenvalue weighted by Crippen LogP contribution is -2.29. The maximum absolute atomic E-state index is 12.4. The van der Waals surface area contributed by atoms with Gasteiger partial charge in [-0.05, 0) is 18.4 Å². The number of anilines is 1. The molecule has 2 heterocycles. The third-order valence-corrected chi connectivity index (χ3v) is 4.24. The van der Waals surface area contributed by atoms with Crippen molar-refractivity contribution in [1.29, 1.82) is 0 Å². The molecule has 25 heavy (non-hydrogen) atoms. The van der Waals surface area contributed by atoms with E-state index in [-0.39, 0.29) is 22.9 Å². The van der Waals surface area contributed by atoms with E-state index in [9.17, 15) is 9.59 Å². The van der Waals surface area contributed by atoms with Crippen molar-refractivity contribution in [2.24, 2.45) is 5.41 Å². The summed E-state index contributed by atoms with van der Waals surface area (Å²) in [6.07, 6.45) is 4.42. The second kappa shape index (κ2) is 6.66. The zero-order valence-corrected chi connectivity index (χ0v) is 14.7. The number of nitrogens with one attached hydrogen (secondary N) is 2. The van der Waals surface area contributed by atoms with Crippen LogP contribution < -0.4 is 10.6 Å². The van der Waals surface area contributed by atoms with Gasteiger partial charge in [0.1, 0.15) is 5.76 Å². The highest BCUT2D eigenvalue weighted by atomic mass is 16.4. The molecule has 1 amide bonds. The quantitative estimate of drug-likeness (QED) is 0.810. The normalized spacial score (nSPS) is 15.6. The summed E-state index contributed by atoms with van der Waals surface area (Å²) in [5.41, 5.74) is 1.08. The van der Waals surface area contributed by atoms with Crippen LogP contribution in [0.2, 0.25) is 0 Å². The molecule has 0 radical (unpaired) electrons. The Morgan fingerprint density at radius 3 is 2.68 bits per heavy atom. The van der Waals surface area contributed by atoms with Crippen LogP contribution in [-0.2, 0) is 6.42 Å². The number of ketones is 1. The molecule has 0 aliphatic heterocycles. The Labute approximate surface area is 146 Å². The number of amides is 1. The summed E-state index contributed by atoms with van der Waals surface area (Å²) in [5, 5.41) is 5.80. The monoisotopic (exact) mass is 342 g/mol. The van der Waals surface area contributed by atoms with Crippen molar-refractivity contribution in [1.82, 2.24) is 15.3 Å². The van der Waals surface area contributed by atoms with E-state index in [1.54, 1.807) is 25.4 Å². The molecular weight excluding hydrogens is 320 g/mol. The van der Waals surface area contributed by atoms with Crippen molar-refractivity contribution < 1.29 is 14.0 Å². The average molecular weight is 342 g/mol. The van der Waals surface area contributed by atoms with Crippen molar-refractivity contribution in [3.63, 3.8) is 0 Å². The number of aromatic nitrogens is 2. The van der Waals surface area contributed by atoms with Crippen molar-refractivity contribution in [3.05, 3.63) is 41.1 Å². The molecule has 0 saturated carbocycles. The van der Waals surface area contributed by atoms with Crippen molar-refractivity contribution in [2.45, 2.75) is 33.6 Å². The zero-order valence-electron chi connectivity index (χ0n) is 14.7. The molecular formula is C18H22N4O3. The van der Waals surface area contributed by atoms with Crippen LogP contribution in [0.15, 0.2) is 22.9 Å². The average Bonchev–Trinajstić information content (AvgIpc) is 2.88. The Balaban J connectivity index is 1.62. The standard InChI is InChI=1S/C18H22N4O3/c1-11-14-12(23)9-18(2,3)10-13(14)25-15(11)16(24)19-7-8-22-17-20-5-4-6-21-17/h4-6H,7-10H2,1-3H3,(H,19,24)(H,20,21,22). The van der Waals surface area contributed by atoms with Crippen LogP contribution in [0.3, 0.4) is 0 Å². The van der Waals surface area contributed by atoms with Crippen LogP contribution in [0.5, 0.6) is 0 Å². The maximum atomic E-state index is 12.4. The Morgan fingerprint density at radius 2 is 1.96 bits per heavy atom. The third-order valence-electron chi connectivity index (χ3n) is 4.24. The van der Waals surface area contributed by atoms with Gasteiger partial charge in [-0.15, -0.1) is 0 Å². The van der Waals surface area contributed by atoms with Crippen molar-refractivity contribution >= 4 is 17.6 Å². The van der Waals surface area contributed by atoms with E-state index in [1.165, 1.54) is 0 Å². The van der Waals surface area contributed by atoms with Crippen LogP contribution in [0, 0.1) is 12.3 Å². The highest BCUT2D eigenvalue weighted by molar-refractivity contribution is 6.03. The van der Waals surface area contributed by atoms with Crippen molar-refractivity contribution in [2.75, 3.05) is 18.4 Å². The van der Waals surface area contributed by atoms with Gasteiger partial charge in [0.15, 0.2) is 11.5 Å². The summed E-state index contributed by atoms with van der Waals surface area (Å²) in [4.78, 5) is 32.8. The summed E-state index contributed by atoms with van der Waals surface area (Å²) in [6.45, 7) is 6.71. The molecule has 1 aliphatic carbocycles. The summed E-state index contributed by atoms with van der Waals surface area (Å²) in [7, 11) is 0. The number of carbonyl (C=O) groups is 2. The zero-order chi connectivity index (χ0) is 18.0. The molecule has 132 valence electrons. The Hall–Kier alpha value is -2.70. The molecule has 0 unspecified atom stereocenters. The number of carbonyl (C=O) groups excluding carboxylic acids is 2. The predicted octanol–water partition coefficient (Wildman–Crippen LogP) is 2.38. The Morgan fingerprint density at radius 1 is 1.24 bits per heavy atom. The Kier molecular flexibility index (Phi) is 4.57. The lowest BCUT2D eigenvalue weighted by atomic mass is 9.76. The summed E-state index contributed by atoms with van der Waals surface area (Å²) >= 11 is 0. The van der Waals surface area contributed by atoms with Crippen LogP contribution >= 0.6 is 0 Å². The second-order valence-corrected chi connectivity index (χ2v) is 7.05. The van der Waals surface area contributed by atoms with E-state index in [0.717, 1.165) is 0 Å². The minimum Gasteiger partial charge on any atom is -0.455 e. The first-order valence-electron chi connectivity index (χ1n) is 8.32. The molecule has 7 nitrogen and oxygen atoms in total. The first-order valence-corrected chi connectivity index (χ1v) is 8.32. The molecule has 0 fully saturated rings. The third kappa shape index (κ3) is 3.70. The van der Waals surface area contributed by atoms with Gasteiger partial charge in [0.05, 0.1) is 5.56 Å². The molecule has 2 N–H and O–H groups in total. The van der Waals surface area contributed by atoms with Gasteiger partial charge in [-0.2, -0.15) is 0 Å². The summed E-state index contributed by atoms with van der Waals surface area (Å²) < 4.78 is 5.74. The molecule has 1 aliphatic rings. The molecule has 2 aromatic heterocycles. The van der Waals surface area contributed by atoms with Gasteiger partial charge in [-0.1, -0.05) is 13.8 Å². The van der Waals surface area contributed by atoms with Crippen molar-refractivity contribution in [3.8, 4) is 0 Å². The van der Waals surface area contributed by atoms with Crippen LogP contribution in [0.1, 0.15) is 52.5 Å². The summed E-state index contributed by atoms with van der Waals surface area (Å²) in [5.74, 6) is 1.10. The lowest BCUT2D eigenvalue weighted by molar-refractivity contribution is 0.0889. The number of Topliss-reactive ketones (excluding diaryl/α,β-unsaturated/α-hetero) is 1. The second-order valence-electron chi connectivity index (χ2n) is 7.05. The van der Waals surface area contributed by atoms with Gasteiger partial charge in [-0.3, -0.25) is 9.59 Å². The number of nitrogens with zero attached hydrogens (tertiary/aromatic N) is 2. The molecule has 0 bridgehead atoms. The number of rotatable bonds is 5. The summed E-state index contributed by atoms with van der Waals surface area (Å²) in [6, 6.07) is 1.73. The SMILES string of the molecule is Cc1c(C(=O)NCCNc2ncccn2)oc2c1C(=O)CC(C)(C)C2. The highest BCUT2D eigenvalue weighted by Gasteiger charge is 2.36. The molecule has 7 heteroatoms. The van der Waals surface area contributed by atoms with E-state index in [0.29, 0.717) is 48.8 Å². The molecule has 2 aromatic rings. The van der Waals surface area contributed by atoms with E-state index in [2.05, 4.69) is 20.6 Å². The maximum Gasteiger partial charge on any atom is 0.287 e. The van der Waals surface area contributed by atoms with E-state index < -0.39 is 0 Å². The topological polar surface area (TPSA) is 97.1 Å².